The van der Waals surface area contributed by atoms with Crippen molar-refractivity contribution < 1.29 is 8.42 Å². The molecule has 2 aromatic carbocycles. The van der Waals surface area contributed by atoms with Gasteiger partial charge in [0.05, 0.1) is 10.6 Å². The van der Waals surface area contributed by atoms with Crippen molar-refractivity contribution in [1.29, 1.82) is 0 Å². The second kappa shape index (κ2) is 9.96. The zero-order valence-electron chi connectivity index (χ0n) is 19.6. The van der Waals surface area contributed by atoms with E-state index in [0.717, 1.165) is 11.3 Å². The number of rotatable bonds is 7. The molecule has 0 heterocycles. The smallest absolute Gasteiger partial charge is 0.261 e. The van der Waals surface area contributed by atoms with E-state index >= 15 is 0 Å². The van der Waals surface area contributed by atoms with Crippen molar-refractivity contribution >= 4 is 33.1 Å². The first-order chi connectivity index (χ1) is 14.8. The average molecular weight is 477 g/mol. The van der Waals surface area contributed by atoms with Gasteiger partial charge in [0.2, 0.25) is 0 Å². The standard InChI is InChI=1S/C24H33ClN4O2S/c1-16(2)15-29(17(3)4)23(27-26)21-14-19(25)10-13-22(21)28-32(30,31)20-11-8-18(9-12-20)24(5,6)7/h8-14,16,28H,3,15,26H2,1-2,4-7H3/b27-23-. The molecule has 0 bridgehead atoms. The van der Waals surface area contributed by atoms with Gasteiger partial charge in [-0.25, -0.2) is 8.42 Å². The minimum Gasteiger partial charge on any atom is -0.329 e. The highest BCUT2D eigenvalue weighted by Crippen LogP contribution is 2.28. The summed E-state index contributed by atoms with van der Waals surface area (Å²) in [6, 6.07) is 11.7. The molecule has 0 spiro atoms. The number of sulfonamides is 1. The first-order valence-corrected chi connectivity index (χ1v) is 12.3. The Balaban J connectivity index is 2.50. The normalized spacial score (nSPS) is 12.7. The number of benzene rings is 2. The third-order valence-corrected chi connectivity index (χ3v) is 6.50. The molecule has 0 saturated carbocycles. The maximum Gasteiger partial charge on any atom is 0.261 e. The van der Waals surface area contributed by atoms with E-state index in [9.17, 15) is 8.42 Å². The Morgan fingerprint density at radius 3 is 2.25 bits per heavy atom. The van der Waals surface area contributed by atoms with E-state index in [1.807, 2.05) is 24.0 Å². The molecule has 32 heavy (non-hydrogen) atoms. The van der Waals surface area contributed by atoms with Crippen molar-refractivity contribution in [2.24, 2.45) is 16.9 Å². The molecular formula is C24H33ClN4O2S. The third-order valence-electron chi connectivity index (χ3n) is 4.88. The molecule has 174 valence electrons. The number of halogens is 1. The number of allylic oxidation sites excluding steroid dienone is 1. The van der Waals surface area contributed by atoms with Crippen molar-refractivity contribution in [3.63, 3.8) is 0 Å². The first-order valence-electron chi connectivity index (χ1n) is 10.4. The van der Waals surface area contributed by atoms with Crippen LogP contribution >= 0.6 is 11.6 Å². The molecule has 0 aromatic heterocycles. The summed E-state index contributed by atoms with van der Waals surface area (Å²) in [7, 11) is -3.85. The lowest BCUT2D eigenvalue weighted by Gasteiger charge is -2.28. The SMILES string of the molecule is C=C(C)N(CC(C)C)/C(=N\N)c1cc(Cl)ccc1NS(=O)(=O)c1ccc(C(C)(C)C)cc1. The molecule has 0 saturated heterocycles. The van der Waals surface area contributed by atoms with Crippen LogP contribution in [0.5, 0.6) is 0 Å². The summed E-state index contributed by atoms with van der Waals surface area (Å²) in [5.41, 5.74) is 2.50. The summed E-state index contributed by atoms with van der Waals surface area (Å²) in [6.07, 6.45) is 0. The van der Waals surface area contributed by atoms with E-state index in [-0.39, 0.29) is 10.3 Å². The fourth-order valence-electron chi connectivity index (χ4n) is 3.20. The van der Waals surface area contributed by atoms with Crippen LogP contribution in [0.2, 0.25) is 5.02 Å². The molecule has 0 fully saturated rings. The van der Waals surface area contributed by atoms with Crippen LogP contribution in [0.4, 0.5) is 5.69 Å². The highest BCUT2D eigenvalue weighted by atomic mass is 35.5. The molecule has 0 atom stereocenters. The number of amidine groups is 1. The lowest BCUT2D eigenvalue weighted by atomic mass is 9.87. The summed E-state index contributed by atoms with van der Waals surface area (Å²) >= 11 is 6.24. The Morgan fingerprint density at radius 2 is 1.78 bits per heavy atom. The molecule has 3 N–H and O–H groups in total. The Labute approximate surface area is 197 Å². The monoisotopic (exact) mass is 476 g/mol. The van der Waals surface area contributed by atoms with Gasteiger partial charge in [0.15, 0.2) is 5.84 Å². The molecule has 0 amide bonds. The van der Waals surface area contributed by atoms with Gasteiger partial charge in [-0.2, -0.15) is 5.10 Å². The third kappa shape index (κ3) is 6.26. The van der Waals surface area contributed by atoms with Gasteiger partial charge in [0.25, 0.3) is 10.0 Å². The number of hydrogen-bond donors (Lipinski definition) is 2. The van der Waals surface area contributed by atoms with Crippen LogP contribution in [0, 0.1) is 5.92 Å². The highest BCUT2D eigenvalue weighted by molar-refractivity contribution is 7.92. The summed E-state index contributed by atoms with van der Waals surface area (Å²) in [6.45, 7) is 16.8. The molecule has 6 nitrogen and oxygen atoms in total. The van der Waals surface area contributed by atoms with E-state index in [1.165, 1.54) is 0 Å². The molecule has 8 heteroatoms. The van der Waals surface area contributed by atoms with E-state index in [1.54, 1.807) is 30.3 Å². The molecule has 0 unspecified atom stereocenters. The van der Waals surface area contributed by atoms with Gasteiger partial charge < -0.3 is 10.7 Å². The molecule has 2 aromatic rings. The fraction of sp³-hybridized carbons (Fsp3) is 0.375. The quantitative estimate of drug-likeness (QED) is 0.237. The molecule has 0 aliphatic heterocycles. The number of nitrogens with two attached hydrogens (primary N) is 1. The topological polar surface area (TPSA) is 87.8 Å². The van der Waals surface area contributed by atoms with Gasteiger partial charge in [-0.05, 0) is 54.2 Å². The number of anilines is 1. The number of nitrogens with zero attached hydrogens (tertiary/aromatic N) is 2. The minimum atomic E-state index is -3.85. The second-order valence-electron chi connectivity index (χ2n) is 9.26. The van der Waals surface area contributed by atoms with E-state index in [4.69, 9.17) is 17.4 Å². The predicted molar refractivity (Wildman–Crippen MR) is 134 cm³/mol. The Kier molecular flexibility index (Phi) is 8.02. The van der Waals surface area contributed by atoms with Crippen molar-refractivity contribution in [2.45, 2.75) is 51.9 Å². The first kappa shape index (κ1) is 25.7. The van der Waals surface area contributed by atoms with Gasteiger partial charge >= 0.3 is 0 Å². The van der Waals surface area contributed by atoms with Crippen LogP contribution in [0.15, 0.2) is 64.7 Å². The maximum absolute atomic E-state index is 13.1. The average Bonchev–Trinajstić information content (AvgIpc) is 2.68. The predicted octanol–water partition coefficient (Wildman–Crippen LogP) is 5.55. The summed E-state index contributed by atoms with van der Waals surface area (Å²) in [5.74, 6) is 6.43. The van der Waals surface area contributed by atoms with Crippen molar-refractivity contribution in [2.75, 3.05) is 11.3 Å². The number of hydrogen-bond acceptors (Lipinski definition) is 4. The summed E-state index contributed by atoms with van der Waals surface area (Å²) in [4.78, 5) is 2.02. The lowest BCUT2D eigenvalue weighted by molar-refractivity contribution is 0.432. The molecular weight excluding hydrogens is 444 g/mol. The molecule has 0 radical (unpaired) electrons. The number of hydrazone groups is 1. The van der Waals surface area contributed by atoms with Crippen LogP contribution in [-0.2, 0) is 15.4 Å². The van der Waals surface area contributed by atoms with Crippen LogP contribution in [-0.4, -0.2) is 25.7 Å². The summed E-state index contributed by atoms with van der Waals surface area (Å²) < 4.78 is 29.0. The van der Waals surface area contributed by atoms with Crippen LogP contribution in [0.25, 0.3) is 0 Å². The van der Waals surface area contributed by atoms with Gasteiger partial charge in [0.1, 0.15) is 0 Å². The van der Waals surface area contributed by atoms with E-state index < -0.39 is 10.0 Å². The minimum absolute atomic E-state index is 0.0754. The van der Waals surface area contributed by atoms with Gasteiger partial charge in [-0.1, -0.05) is 64.9 Å². The largest absolute Gasteiger partial charge is 0.329 e. The number of nitrogens with one attached hydrogen (secondary N) is 1. The fourth-order valence-corrected chi connectivity index (χ4v) is 4.45. The maximum atomic E-state index is 13.1. The van der Waals surface area contributed by atoms with Gasteiger partial charge in [-0.15, -0.1) is 0 Å². The zero-order chi connectivity index (χ0) is 24.3. The Hall–Kier alpha value is -2.51. The Morgan fingerprint density at radius 1 is 1.19 bits per heavy atom. The highest BCUT2D eigenvalue weighted by Gasteiger charge is 2.23. The van der Waals surface area contributed by atoms with E-state index in [2.05, 4.69) is 51.0 Å². The van der Waals surface area contributed by atoms with Crippen molar-refractivity contribution in [1.82, 2.24) is 4.90 Å². The second-order valence-corrected chi connectivity index (χ2v) is 11.4. The van der Waals surface area contributed by atoms with Gasteiger partial charge in [-0.3, -0.25) is 4.72 Å². The van der Waals surface area contributed by atoms with Crippen LogP contribution < -0.4 is 10.6 Å². The molecule has 0 aliphatic carbocycles. The van der Waals surface area contributed by atoms with Gasteiger partial charge in [0, 0.05) is 22.8 Å². The molecule has 2 rings (SSSR count). The molecule has 0 aliphatic rings. The lowest BCUT2D eigenvalue weighted by Crippen LogP contribution is -2.34. The Bertz CT molecular complexity index is 1100. The van der Waals surface area contributed by atoms with Crippen LogP contribution in [0.1, 0.15) is 52.7 Å². The van der Waals surface area contributed by atoms with Crippen LogP contribution in [0.3, 0.4) is 0 Å². The summed E-state index contributed by atoms with van der Waals surface area (Å²) in [5, 5.41) is 4.40. The van der Waals surface area contributed by atoms with E-state index in [0.29, 0.717) is 34.6 Å². The van der Waals surface area contributed by atoms with Crippen molar-refractivity contribution in [3.8, 4) is 0 Å². The zero-order valence-corrected chi connectivity index (χ0v) is 21.2. The van der Waals surface area contributed by atoms with Crippen molar-refractivity contribution in [3.05, 3.63) is 70.9 Å².